The summed E-state index contributed by atoms with van der Waals surface area (Å²) in [5, 5.41) is 20.3. The summed E-state index contributed by atoms with van der Waals surface area (Å²) in [6, 6.07) is 17.0. The Morgan fingerprint density at radius 1 is 1.11 bits per heavy atom. The molecule has 1 aromatic heterocycles. The Bertz CT molecular complexity index is 1170. The molecule has 2 heterocycles. The number of hydrogen-bond donors (Lipinski definition) is 2. The molecule has 1 aliphatic heterocycles. The Morgan fingerprint density at radius 2 is 1.89 bits per heavy atom. The van der Waals surface area contributed by atoms with E-state index in [0.29, 0.717) is 24.9 Å². The molecule has 0 aliphatic carbocycles. The predicted octanol–water partition coefficient (Wildman–Crippen LogP) is 5.04. The third-order valence-electron chi connectivity index (χ3n) is 7.23. The number of carbonyl (C=O) groups excluding carboxylic acids is 1. The molecule has 7 nitrogen and oxygen atoms in total. The Labute approximate surface area is 219 Å². The van der Waals surface area contributed by atoms with Gasteiger partial charge in [-0.2, -0.15) is 0 Å². The average Bonchev–Trinajstić information content (AvgIpc) is 3.45. The Balaban J connectivity index is 1.36. The van der Waals surface area contributed by atoms with Crippen LogP contribution in [0.3, 0.4) is 0 Å². The third kappa shape index (κ3) is 7.12. The summed E-state index contributed by atoms with van der Waals surface area (Å²) in [5.41, 5.74) is 3.15. The van der Waals surface area contributed by atoms with Gasteiger partial charge in [-0.1, -0.05) is 42.5 Å². The number of hydrogen-bond acceptors (Lipinski definition) is 5. The zero-order valence-electron chi connectivity index (χ0n) is 21.8. The SMILES string of the molecule is C[C@H]1[C@H]([Si](C)(C)F)[C@@H](CCn2cc(CCO)nn2)O[C@H]1CCc1cccc(NC(=O)c2ccccc2)c1. The lowest BCUT2D eigenvalue weighted by Crippen LogP contribution is -2.36. The first-order chi connectivity index (χ1) is 17.7. The molecule has 2 aromatic carbocycles. The zero-order valence-corrected chi connectivity index (χ0v) is 22.8. The number of nitrogens with zero attached hydrogens (tertiary/aromatic N) is 3. The van der Waals surface area contributed by atoms with Crippen molar-refractivity contribution in [1.29, 1.82) is 0 Å². The van der Waals surface area contributed by atoms with E-state index in [1.165, 1.54) is 0 Å². The highest BCUT2D eigenvalue weighted by Gasteiger charge is 2.50. The van der Waals surface area contributed by atoms with Crippen LogP contribution in [0.2, 0.25) is 18.6 Å². The normalized spacial score (nSPS) is 21.8. The Kier molecular flexibility index (Phi) is 8.89. The molecule has 0 unspecified atom stereocenters. The van der Waals surface area contributed by atoms with Gasteiger partial charge in [0, 0.05) is 42.6 Å². The van der Waals surface area contributed by atoms with E-state index in [4.69, 9.17) is 9.84 Å². The van der Waals surface area contributed by atoms with Crippen molar-refractivity contribution in [3.05, 3.63) is 77.6 Å². The van der Waals surface area contributed by atoms with Crippen LogP contribution in [0.15, 0.2) is 60.8 Å². The van der Waals surface area contributed by atoms with Crippen LogP contribution in [0, 0.1) is 5.92 Å². The number of aromatic nitrogens is 3. The summed E-state index contributed by atoms with van der Waals surface area (Å²) in [5.74, 6) is -0.0134. The van der Waals surface area contributed by atoms with E-state index < -0.39 is 8.41 Å². The van der Waals surface area contributed by atoms with Crippen LogP contribution >= 0.6 is 0 Å². The molecule has 1 aliphatic rings. The van der Waals surface area contributed by atoms with Crippen molar-refractivity contribution in [2.45, 2.75) is 70.0 Å². The van der Waals surface area contributed by atoms with Crippen LogP contribution in [0.25, 0.3) is 0 Å². The van der Waals surface area contributed by atoms with Crippen molar-refractivity contribution in [2.24, 2.45) is 5.92 Å². The van der Waals surface area contributed by atoms with Gasteiger partial charge < -0.3 is 19.3 Å². The highest BCUT2D eigenvalue weighted by atomic mass is 28.4. The van der Waals surface area contributed by atoms with Gasteiger partial charge in [-0.15, -0.1) is 5.10 Å². The summed E-state index contributed by atoms with van der Waals surface area (Å²) in [6.45, 7) is 6.32. The number of anilines is 1. The molecule has 9 heteroatoms. The molecule has 37 heavy (non-hydrogen) atoms. The van der Waals surface area contributed by atoms with Crippen LogP contribution < -0.4 is 5.32 Å². The second-order valence-electron chi connectivity index (χ2n) is 10.5. The lowest BCUT2D eigenvalue weighted by Gasteiger charge is -2.28. The lowest BCUT2D eigenvalue weighted by molar-refractivity contribution is 0.0247. The van der Waals surface area contributed by atoms with Crippen molar-refractivity contribution < 1.29 is 18.7 Å². The lowest BCUT2D eigenvalue weighted by atomic mass is 9.95. The van der Waals surface area contributed by atoms with E-state index in [1.54, 1.807) is 29.9 Å². The van der Waals surface area contributed by atoms with Crippen LogP contribution in [-0.4, -0.2) is 53.2 Å². The molecule has 3 aromatic rings. The smallest absolute Gasteiger partial charge is 0.255 e. The molecule has 1 amide bonds. The predicted molar refractivity (Wildman–Crippen MR) is 145 cm³/mol. The topological polar surface area (TPSA) is 89.3 Å². The quantitative estimate of drug-likeness (QED) is 0.271. The Morgan fingerprint density at radius 3 is 2.62 bits per heavy atom. The maximum atomic E-state index is 15.4. The van der Waals surface area contributed by atoms with E-state index in [0.717, 1.165) is 29.8 Å². The molecule has 0 radical (unpaired) electrons. The highest BCUT2D eigenvalue weighted by Crippen LogP contribution is 2.47. The largest absolute Gasteiger partial charge is 0.396 e. The molecule has 1 fully saturated rings. The molecule has 0 spiro atoms. The summed E-state index contributed by atoms with van der Waals surface area (Å²) in [7, 11) is -2.96. The molecular weight excluding hydrogens is 487 g/mol. The standard InChI is InChI=1S/C28H37FN4O3Si/c1-20-25(13-12-21-8-7-11-23(18-21)30-28(35)22-9-5-4-6-10-22)36-26(27(20)37(2,3)29)14-16-33-19-24(15-17-34)31-32-33/h4-11,18-20,25-27,34H,12-17H2,1-3H3,(H,30,35)/t20-,25+,26-,27+/m1/s1. The fourth-order valence-electron chi connectivity index (χ4n) is 5.49. The number of halogens is 1. The number of amides is 1. The maximum Gasteiger partial charge on any atom is 0.255 e. The van der Waals surface area contributed by atoms with Gasteiger partial charge in [-0.25, -0.2) is 0 Å². The molecule has 4 rings (SSSR count). The van der Waals surface area contributed by atoms with Crippen LogP contribution in [0.4, 0.5) is 9.80 Å². The maximum absolute atomic E-state index is 15.4. The minimum Gasteiger partial charge on any atom is -0.396 e. The third-order valence-corrected chi connectivity index (χ3v) is 9.71. The van der Waals surface area contributed by atoms with Gasteiger partial charge >= 0.3 is 0 Å². The van der Waals surface area contributed by atoms with Gasteiger partial charge in [-0.3, -0.25) is 9.48 Å². The van der Waals surface area contributed by atoms with Gasteiger partial charge in [0.05, 0.1) is 17.9 Å². The summed E-state index contributed by atoms with van der Waals surface area (Å²) in [4.78, 5) is 12.5. The average molecular weight is 525 g/mol. The molecule has 2 N–H and O–H groups in total. The van der Waals surface area contributed by atoms with Crippen LogP contribution in [0.1, 0.15) is 41.4 Å². The zero-order chi connectivity index (χ0) is 26.4. The number of aliphatic hydroxyl groups excluding tert-OH is 1. The number of ether oxygens (including phenoxy) is 1. The van der Waals surface area contributed by atoms with E-state index in [-0.39, 0.29) is 36.2 Å². The highest BCUT2D eigenvalue weighted by molar-refractivity contribution is 6.72. The number of nitrogens with one attached hydrogen (secondary N) is 1. The van der Waals surface area contributed by atoms with Gasteiger partial charge in [-0.05, 0) is 68.1 Å². The van der Waals surface area contributed by atoms with Gasteiger partial charge in [0.2, 0.25) is 8.41 Å². The summed E-state index contributed by atoms with van der Waals surface area (Å²) in [6.07, 6.45) is 4.37. The van der Waals surface area contributed by atoms with Crippen molar-refractivity contribution in [3.63, 3.8) is 0 Å². The first-order valence-corrected chi connectivity index (χ1v) is 16.0. The van der Waals surface area contributed by atoms with Crippen molar-refractivity contribution in [1.82, 2.24) is 15.0 Å². The van der Waals surface area contributed by atoms with Crippen molar-refractivity contribution >= 4 is 20.0 Å². The minimum atomic E-state index is -2.96. The first-order valence-electron chi connectivity index (χ1n) is 13.0. The van der Waals surface area contributed by atoms with E-state index >= 15 is 4.11 Å². The van der Waals surface area contributed by atoms with Crippen LogP contribution in [0.5, 0.6) is 0 Å². The number of aliphatic hydroxyl groups is 1. The van der Waals surface area contributed by atoms with E-state index in [1.807, 2.05) is 42.6 Å². The molecule has 198 valence electrons. The summed E-state index contributed by atoms with van der Waals surface area (Å²) >= 11 is 0. The fourth-order valence-corrected chi connectivity index (χ4v) is 8.09. The van der Waals surface area contributed by atoms with E-state index in [9.17, 15) is 4.79 Å². The number of carbonyl (C=O) groups is 1. The number of aryl methyl sites for hydroxylation is 2. The number of rotatable bonds is 11. The molecule has 4 atom stereocenters. The van der Waals surface area contributed by atoms with Crippen molar-refractivity contribution in [3.8, 4) is 0 Å². The second-order valence-corrected chi connectivity index (χ2v) is 14.3. The monoisotopic (exact) mass is 524 g/mol. The Hall–Kier alpha value is -2.88. The number of benzene rings is 2. The minimum absolute atomic E-state index is 0.0270. The van der Waals surface area contributed by atoms with Gasteiger partial charge in [0.25, 0.3) is 5.91 Å². The van der Waals surface area contributed by atoms with Crippen molar-refractivity contribution in [2.75, 3.05) is 11.9 Å². The second kappa shape index (κ2) is 12.1. The van der Waals surface area contributed by atoms with Gasteiger partial charge in [0.15, 0.2) is 0 Å². The fraction of sp³-hybridized carbons (Fsp3) is 0.464. The molecular formula is C28H37FN4O3Si. The molecule has 1 saturated heterocycles. The first kappa shape index (κ1) is 27.2. The van der Waals surface area contributed by atoms with E-state index in [2.05, 4.69) is 28.6 Å². The van der Waals surface area contributed by atoms with Crippen LogP contribution in [-0.2, 0) is 24.1 Å². The van der Waals surface area contributed by atoms with Gasteiger partial charge in [0.1, 0.15) is 0 Å². The molecule has 0 saturated carbocycles. The molecule has 0 bridgehead atoms. The summed E-state index contributed by atoms with van der Waals surface area (Å²) < 4.78 is 23.7.